The van der Waals surface area contributed by atoms with Crippen LogP contribution in [-0.4, -0.2) is 4.98 Å². The fraction of sp³-hybridized carbons (Fsp3) is 0.0769. The van der Waals surface area contributed by atoms with Crippen LogP contribution >= 0.6 is 23.2 Å². The van der Waals surface area contributed by atoms with Gasteiger partial charge in [-0.3, -0.25) is 4.98 Å². The average Bonchev–Trinajstić information content (AvgIpc) is 2.34. The van der Waals surface area contributed by atoms with E-state index >= 15 is 0 Å². The molecule has 0 fully saturated rings. The molecular weight excluding hydrogens is 274 g/mol. The largest absolute Gasteiger partial charge is 0.253 e. The second-order valence-corrected chi connectivity index (χ2v) is 4.45. The van der Waals surface area contributed by atoms with Crippen LogP contribution in [-0.2, 0) is 6.42 Å². The Morgan fingerprint density at radius 3 is 2.61 bits per heavy atom. The van der Waals surface area contributed by atoms with Gasteiger partial charge < -0.3 is 0 Å². The minimum Gasteiger partial charge on any atom is -0.253 e. The lowest BCUT2D eigenvalue weighted by Gasteiger charge is -2.05. The molecular formula is C13H7Cl2FN2. The van der Waals surface area contributed by atoms with E-state index in [0.29, 0.717) is 21.2 Å². The Kier molecular flexibility index (Phi) is 3.81. The zero-order valence-electron chi connectivity index (χ0n) is 9.12. The van der Waals surface area contributed by atoms with Gasteiger partial charge in [0.15, 0.2) is 0 Å². The zero-order valence-corrected chi connectivity index (χ0v) is 10.6. The Morgan fingerprint density at radius 2 is 2.00 bits per heavy atom. The molecule has 0 aliphatic heterocycles. The number of nitrogens with zero attached hydrogens (tertiary/aromatic N) is 2. The molecule has 0 N–H and O–H groups in total. The molecule has 0 atom stereocenters. The van der Waals surface area contributed by atoms with Crippen LogP contribution in [0.2, 0.25) is 10.0 Å². The molecule has 2 aromatic rings. The highest BCUT2D eigenvalue weighted by Gasteiger charge is 2.09. The smallest absolute Gasteiger partial charge is 0.149 e. The molecule has 18 heavy (non-hydrogen) atoms. The van der Waals surface area contributed by atoms with Crippen molar-refractivity contribution in [3.63, 3.8) is 0 Å². The minimum atomic E-state index is -0.485. The summed E-state index contributed by atoms with van der Waals surface area (Å²) in [5.41, 5.74) is 1.28. The van der Waals surface area contributed by atoms with Crippen LogP contribution < -0.4 is 0 Å². The first kappa shape index (κ1) is 12.8. The number of nitriles is 1. The van der Waals surface area contributed by atoms with Crippen molar-refractivity contribution in [2.24, 2.45) is 0 Å². The summed E-state index contributed by atoms with van der Waals surface area (Å²) in [6, 6.07) is 8.03. The van der Waals surface area contributed by atoms with Crippen LogP contribution in [0.1, 0.15) is 5.56 Å². The van der Waals surface area contributed by atoms with Crippen molar-refractivity contribution in [3.8, 4) is 17.3 Å². The lowest BCUT2D eigenvalue weighted by molar-refractivity contribution is 0.623. The predicted octanol–water partition coefficient (Wildman–Crippen LogP) is 4.26. The third-order valence-corrected chi connectivity index (χ3v) is 3.11. The number of pyridine rings is 1. The molecule has 0 bridgehead atoms. The summed E-state index contributed by atoms with van der Waals surface area (Å²) in [6.45, 7) is 0. The van der Waals surface area contributed by atoms with Gasteiger partial charge in [-0.05, 0) is 23.8 Å². The molecule has 0 aliphatic carbocycles. The fourth-order valence-electron chi connectivity index (χ4n) is 1.52. The van der Waals surface area contributed by atoms with Crippen molar-refractivity contribution < 1.29 is 4.39 Å². The Bertz CT molecular complexity index is 635. The fourth-order valence-corrected chi connectivity index (χ4v) is 1.82. The molecule has 2 rings (SSSR count). The molecule has 0 aliphatic rings. The molecule has 0 amide bonds. The van der Waals surface area contributed by atoms with E-state index in [1.165, 1.54) is 12.3 Å². The summed E-state index contributed by atoms with van der Waals surface area (Å²) in [5.74, 6) is -0.485. The summed E-state index contributed by atoms with van der Waals surface area (Å²) in [5, 5.41) is 9.28. The van der Waals surface area contributed by atoms with E-state index in [1.54, 1.807) is 18.2 Å². The monoisotopic (exact) mass is 280 g/mol. The SMILES string of the molecule is N#CCc1cnc(-c2ccc(Cl)c(Cl)c2)c(F)c1. The number of hydrogen-bond acceptors (Lipinski definition) is 2. The van der Waals surface area contributed by atoms with Crippen molar-refractivity contribution in [2.75, 3.05) is 0 Å². The van der Waals surface area contributed by atoms with Crippen LogP contribution in [0.15, 0.2) is 30.5 Å². The number of hydrogen-bond donors (Lipinski definition) is 0. The molecule has 1 heterocycles. The van der Waals surface area contributed by atoms with Crippen LogP contribution in [0.3, 0.4) is 0 Å². The lowest BCUT2D eigenvalue weighted by atomic mass is 10.1. The number of rotatable bonds is 2. The van der Waals surface area contributed by atoms with Crippen LogP contribution in [0.5, 0.6) is 0 Å². The number of aromatic nitrogens is 1. The highest BCUT2D eigenvalue weighted by molar-refractivity contribution is 6.42. The van der Waals surface area contributed by atoms with Crippen LogP contribution in [0, 0.1) is 17.1 Å². The van der Waals surface area contributed by atoms with Gasteiger partial charge in [-0.15, -0.1) is 0 Å². The van der Waals surface area contributed by atoms with Crippen molar-refractivity contribution in [1.82, 2.24) is 4.98 Å². The molecule has 90 valence electrons. The normalized spacial score (nSPS) is 10.1. The first-order valence-corrected chi connectivity index (χ1v) is 5.84. The van der Waals surface area contributed by atoms with Gasteiger partial charge in [0.05, 0.1) is 22.5 Å². The molecule has 2 nitrogen and oxygen atoms in total. The third-order valence-electron chi connectivity index (χ3n) is 2.37. The lowest BCUT2D eigenvalue weighted by Crippen LogP contribution is -1.93. The van der Waals surface area contributed by atoms with Gasteiger partial charge in [0.1, 0.15) is 11.5 Å². The first-order chi connectivity index (χ1) is 8.61. The summed E-state index contributed by atoms with van der Waals surface area (Å²) in [7, 11) is 0. The molecule has 0 spiro atoms. The quantitative estimate of drug-likeness (QED) is 0.824. The average molecular weight is 281 g/mol. The highest BCUT2D eigenvalue weighted by atomic mass is 35.5. The minimum absolute atomic E-state index is 0.131. The van der Waals surface area contributed by atoms with Crippen molar-refractivity contribution in [1.29, 1.82) is 5.26 Å². The number of benzene rings is 1. The number of halogens is 3. The van der Waals surface area contributed by atoms with E-state index in [0.717, 1.165) is 0 Å². The molecule has 0 radical (unpaired) electrons. The van der Waals surface area contributed by atoms with Crippen LogP contribution in [0.25, 0.3) is 11.3 Å². The van der Waals surface area contributed by atoms with E-state index in [1.807, 2.05) is 6.07 Å². The van der Waals surface area contributed by atoms with E-state index in [9.17, 15) is 4.39 Å². The maximum Gasteiger partial charge on any atom is 0.149 e. The van der Waals surface area contributed by atoms with E-state index in [-0.39, 0.29) is 12.1 Å². The van der Waals surface area contributed by atoms with Crippen molar-refractivity contribution in [3.05, 3.63) is 51.9 Å². The Hall–Kier alpha value is -1.63. The van der Waals surface area contributed by atoms with Gasteiger partial charge >= 0.3 is 0 Å². The summed E-state index contributed by atoms with van der Waals surface area (Å²) < 4.78 is 13.8. The third kappa shape index (κ3) is 2.61. The predicted molar refractivity (Wildman–Crippen MR) is 69.0 cm³/mol. The second kappa shape index (κ2) is 5.34. The standard InChI is InChI=1S/C13H7Cl2FN2/c14-10-2-1-9(6-11(10)15)13-12(16)5-8(3-4-17)7-18-13/h1-2,5-7H,3H2. The molecule has 0 saturated carbocycles. The maximum absolute atomic E-state index is 13.8. The molecule has 0 unspecified atom stereocenters. The van der Waals surface area contributed by atoms with E-state index in [2.05, 4.69) is 4.98 Å². The van der Waals surface area contributed by atoms with Gasteiger partial charge in [-0.2, -0.15) is 5.26 Å². The van der Waals surface area contributed by atoms with Crippen LogP contribution in [0.4, 0.5) is 4.39 Å². The molecule has 0 saturated heterocycles. The summed E-state index contributed by atoms with van der Waals surface area (Å²) in [6.07, 6.45) is 1.61. The Morgan fingerprint density at radius 1 is 1.22 bits per heavy atom. The molecule has 1 aromatic heterocycles. The van der Waals surface area contributed by atoms with Gasteiger partial charge in [0, 0.05) is 11.8 Å². The van der Waals surface area contributed by atoms with Gasteiger partial charge in [0.2, 0.25) is 0 Å². The van der Waals surface area contributed by atoms with Gasteiger partial charge in [-0.25, -0.2) is 4.39 Å². The van der Waals surface area contributed by atoms with E-state index in [4.69, 9.17) is 28.5 Å². The second-order valence-electron chi connectivity index (χ2n) is 3.64. The summed E-state index contributed by atoms with van der Waals surface area (Å²) in [4.78, 5) is 4.01. The topological polar surface area (TPSA) is 36.7 Å². The maximum atomic E-state index is 13.8. The summed E-state index contributed by atoms with van der Waals surface area (Å²) >= 11 is 11.7. The molecule has 5 heteroatoms. The van der Waals surface area contributed by atoms with E-state index < -0.39 is 5.82 Å². The Labute approximate surface area is 114 Å². The zero-order chi connectivity index (χ0) is 13.1. The van der Waals surface area contributed by atoms with Gasteiger partial charge in [0.25, 0.3) is 0 Å². The molecule has 1 aromatic carbocycles. The Balaban J connectivity index is 2.45. The first-order valence-electron chi connectivity index (χ1n) is 5.08. The van der Waals surface area contributed by atoms with Gasteiger partial charge in [-0.1, -0.05) is 29.3 Å². The highest BCUT2D eigenvalue weighted by Crippen LogP contribution is 2.28. The van der Waals surface area contributed by atoms with Crippen molar-refractivity contribution >= 4 is 23.2 Å². The van der Waals surface area contributed by atoms with Crippen molar-refractivity contribution in [2.45, 2.75) is 6.42 Å².